The molecule has 0 aliphatic rings. The van der Waals surface area contributed by atoms with E-state index in [0.29, 0.717) is 6.42 Å². The molecule has 0 aromatic carbocycles. The quantitative estimate of drug-likeness (QED) is 0.581. The molecule has 0 heterocycles. The van der Waals surface area contributed by atoms with E-state index in [1.165, 1.54) is 0 Å². The Morgan fingerprint density at radius 3 is 2.50 bits per heavy atom. The highest BCUT2D eigenvalue weighted by Gasteiger charge is 1.87. The number of carbonyl (C=O) groups excluding carboxylic acids is 1. The maximum absolute atomic E-state index is 10.2. The van der Waals surface area contributed by atoms with Crippen LogP contribution < -0.4 is 5.73 Å². The van der Waals surface area contributed by atoms with E-state index in [9.17, 15) is 4.79 Å². The molecule has 1 amide bonds. The fraction of sp³-hybridized carbons (Fsp3) is 0.625. The average Bonchev–Trinajstić information content (AvgIpc) is 1.87. The number of rotatable bonds is 5. The van der Waals surface area contributed by atoms with Gasteiger partial charge < -0.3 is 5.73 Å². The molecular formula is C8H15NO. The van der Waals surface area contributed by atoms with Crippen LogP contribution in [-0.2, 0) is 4.79 Å². The fourth-order valence-electron chi connectivity index (χ4n) is 0.628. The van der Waals surface area contributed by atoms with Gasteiger partial charge in [0, 0.05) is 6.42 Å². The monoisotopic (exact) mass is 141 g/mol. The van der Waals surface area contributed by atoms with Gasteiger partial charge in [-0.05, 0) is 12.8 Å². The number of allylic oxidation sites excluding steroid dienone is 2. The van der Waals surface area contributed by atoms with Crippen molar-refractivity contribution in [2.45, 2.75) is 32.6 Å². The molecule has 0 aliphatic carbocycles. The van der Waals surface area contributed by atoms with Crippen molar-refractivity contribution in [3.05, 3.63) is 12.2 Å². The van der Waals surface area contributed by atoms with E-state index in [4.69, 9.17) is 5.73 Å². The number of hydrogen-bond acceptors (Lipinski definition) is 1. The summed E-state index contributed by atoms with van der Waals surface area (Å²) < 4.78 is 0. The van der Waals surface area contributed by atoms with Crippen molar-refractivity contribution in [3.8, 4) is 0 Å². The number of hydrogen-bond donors (Lipinski definition) is 1. The molecule has 0 aliphatic heterocycles. The number of nitrogens with two attached hydrogens (primary N) is 1. The lowest BCUT2D eigenvalue weighted by atomic mass is 10.2. The van der Waals surface area contributed by atoms with Crippen LogP contribution in [0.25, 0.3) is 0 Å². The Bertz CT molecular complexity index is 118. The lowest BCUT2D eigenvalue weighted by molar-refractivity contribution is -0.117. The van der Waals surface area contributed by atoms with Crippen molar-refractivity contribution in [2.75, 3.05) is 0 Å². The first-order valence-electron chi connectivity index (χ1n) is 3.70. The van der Waals surface area contributed by atoms with Crippen LogP contribution >= 0.6 is 0 Å². The summed E-state index contributed by atoms with van der Waals surface area (Å²) >= 11 is 0. The van der Waals surface area contributed by atoms with Gasteiger partial charge in [-0.25, -0.2) is 0 Å². The van der Waals surface area contributed by atoms with Crippen molar-refractivity contribution in [1.82, 2.24) is 0 Å². The molecule has 0 saturated heterocycles. The molecule has 0 aromatic heterocycles. The standard InChI is InChI=1S/C8H15NO/c1-2-3-4-5-6-7-8(9)10/h4-5H,2-3,6-7H2,1H3,(H2,9,10). The highest BCUT2D eigenvalue weighted by atomic mass is 16.1. The zero-order valence-corrected chi connectivity index (χ0v) is 6.47. The molecule has 0 spiro atoms. The third-order valence-corrected chi connectivity index (χ3v) is 1.18. The van der Waals surface area contributed by atoms with E-state index < -0.39 is 0 Å². The lowest BCUT2D eigenvalue weighted by Gasteiger charge is -1.87. The van der Waals surface area contributed by atoms with Crippen molar-refractivity contribution >= 4 is 5.91 Å². The topological polar surface area (TPSA) is 43.1 Å². The van der Waals surface area contributed by atoms with Crippen LogP contribution in [0.1, 0.15) is 32.6 Å². The van der Waals surface area contributed by atoms with Crippen molar-refractivity contribution < 1.29 is 4.79 Å². The molecule has 0 atom stereocenters. The first-order chi connectivity index (χ1) is 4.77. The molecule has 2 N–H and O–H groups in total. The van der Waals surface area contributed by atoms with Gasteiger partial charge >= 0.3 is 0 Å². The minimum atomic E-state index is -0.221. The van der Waals surface area contributed by atoms with Gasteiger partial charge in [-0.2, -0.15) is 0 Å². The van der Waals surface area contributed by atoms with E-state index in [1.807, 2.05) is 6.08 Å². The molecule has 0 radical (unpaired) electrons. The molecule has 10 heavy (non-hydrogen) atoms. The highest BCUT2D eigenvalue weighted by molar-refractivity contribution is 5.73. The molecule has 2 nitrogen and oxygen atoms in total. The number of carbonyl (C=O) groups is 1. The van der Waals surface area contributed by atoms with Crippen LogP contribution in [0, 0.1) is 0 Å². The Morgan fingerprint density at radius 2 is 2.00 bits per heavy atom. The van der Waals surface area contributed by atoms with Crippen molar-refractivity contribution in [3.63, 3.8) is 0 Å². The van der Waals surface area contributed by atoms with Crippen LogP contribution in [-0.4, -0.2) is 5.91 Å². The first kappa shape index (κ1) is 9.21. The molecule has 2 heteroatoms. The van der Waals surface area contributed by atoms with E-state index in [-0.39, 0.29) is 5.91 Å². The van der Waals surface area contributed by atoms with Gasteiger partial charge in [-0.15, -0.1) is 0 Å². The van der Waals surface area contributed by atoms with Gasteiger partial charge in [0.1, 0.15) is 0 Å². The first-order valence-corrected chi connectivity index (χ1v) is 3.70. The summed E-state index contributed by atoms with van der Waals surface area (Å²) in [5.41, 5.74) is 4.93. The molecule has 58 valence electrons. The third-order valence-electron chi connectivity index (χ3n) is 1.18. The normalized spacial score (nSPS) is 10.5. The minimum Gasteiger partial charge on any atom is -0.370 e. The van der Waals surface area contributed by atoms with Crippen molar-refractivity contribution in [1.29, 1.82) is 0 Å². The maximum Gasteiger partial charge on any atom is 0.217 e. The fourth-order valence-corrected chi connectivity index (χ4v) is 0.628. The second-order valence-electron chi connectivity index (χ2n) is 2.27. The van der Waals surface area contributed by atoms with Gasteiger partial charge in [0.2, 0.25) is 5.91 Å². The lowest BCUT2D eigenvalue weighted by Crippen LogP contribution is -2.08. The summed E-state index contributed by atoms with van der Waals surface area (Å²) in [7, 11) is 0. The van der Waals surface area contributed by atoms with E-state index in [1.54, 1.807) is 0 Å². The Kier molecular flexibility index (Phi) is 5.83. The molecule has 0 saturated carbocycles. The number of amides is 1. The second kappa shape index (κ2) is 6.33. The smallest absolute Gasteiger partial charge is 0.217 e. The van der Waals surface area contributed by atoms with E-state index in [0.717, 1.165) is 19.3 Å². The summed E-state index contributed by atoms with van der Waals surface area (Å²) in [6.45, 7) is 2.12. The molecular weight excluding hydrogens is 126 g/mol. The van der Waals surface area contributed by atoms with E-state index >= 15 is 0 Å². The summed E-state index contributed by atoms with van der Waals surface area (Å²) in [5.74, 6) is -0.221. The SMILES string of the molecule is CCCC=CCCC(N)=O. The Balaban J connectivity index is 3.10. The molecule has 0 unspecified atom stereocenters. The molecule has 0 fully saturated rings. The summed E-state index contributed by atoms with van der Waals surface area (Å²) in [4.78, 5) is 10.2. The zero-order chi connectivity index (χ0) is 7.82. The van der Waals surface area contributed by atoms with Crippen LogP contribution in [0.15, 0.2) is 12.2 Å². The maximum atomic E-state index is 10.2. The van der Waals surface area contributed by atoms with Gasteiger partial charge in [0.15, 0.2) is 0 Å². The van der Waals surface area contributed by atoms with Gasteiger partial charge in [0.05, 0.1) is 0 Å². The Labute approximate surface area is 62.1 Å². The predicted octanol–water partition coefficient (Wildman–Crippen LogP) is 1.61. The van der Waals surface area contributed by atoms with Gasteiger partial charge in [0.25, 0.3) is 0 Å². The third kappa shape index (κ3) is 7.21. The Morgan fingerprint density at radius 1 is 1.40 bits per heavy atom. The summed E-state index contributed by atoms with van der Waals surface area (Å²) in [6.07, 6.45) is 7.61. The number of unbranched alkanes of at least 4 members (excludes halogenated alkanes) is 1. The Hall–Kier alpha value is -0.790. The van der Waals surface area contributed by atoms with Crippen LogP contribution in [0.3, 0.4) is 0 Å². The van der Waals surface area contributed by atoms with Gasteiger partial charge in [-0.1, -0.05) is 25.5 Å². The van der Waals surface area contributed by atoms with Crippen LogP contribution in [0.2, 0.25) is 0 Å². The van der Waals surface area contributed by atoms with Crippen molar-refractivity contribution in [2.24, 2.45) is 5.73 Å². The van der Waals surface area contributed by atoms with Crippen LogP contribution in [0.5, 0.6) is 0 Å². The molecule has 0 rings (SSSR count). The van der Waals surface area contributed by atoms with E-state index in [2.05, 4.69) is 13.0 Å². The largest absolute Gasteiger partial charge is 0.370 e. The predicted molar refractivity (Wildman–Crippen MR) is 42.5 cm³/mol. The minimum absolute atomic E-state index is 0.221. The zero-order valence-electron chi connectivity index (χ0n) is 6.47. The van der Waals surface area contributed by atoms with Gasteiger partial charge in [-0.3, -0.25) is 4.79 Å². The number of primary amides is 1. The molecule has 0 bridgehead atoms. The van der Waals surface area contributed by atoms with Crippen LogP contribution in [0.4, 0.5) is 0 Å². The summed E-state index contributed by atoms with van der Waals surface area (Å²) in [6, 6.07) is 0. The summed E-state index contributed by atoms with van der Waals surface area (Å²) in [5, 5.41) is 0. The molecule has 0 aromatic rings. The second-order valence-corrected chi connectivity index (χ2v) is 2.27. The highest BCUT2D eigenvalue weighted by Crippen LogP contribution is 1.93. The average molecular weight is 141 g/mol.